The molecule has 0 aromatic carbocycles. The van der Waals surface area contributed by atoms with E-state index in [9.17, 15) is 4.79 Å². The zero-order valence-electron chi connectivity index (χ0n) is 10.7. The Bertz CT molecular complexity index is 230. The molecule has 2 nitrogen and oxygen atoms in total. The highest BCUT2D eigenvalue weighted by molar-refractivity contribution is 9.09. The lowest BCUT2D eigenvalue weighted by atomic mass is 9.89. The van der Waals surface area contributed by atoms with Gasteiger partial charge < -0.3 is 4.90 Å². The van der Waals surface area contributed by atoms with Crippen LogP contribution in [0.5, 0.6) is 0 Å². The van der Waals surface area contributed by atoms with Gasteiger partial charge in [-0.15, -0.1) is 0 Å². The first kappa shape index (κ1) is 14.0. The maximum Gasteiger partial charge on any atom is 0.222 e. The van der Waals surface area contributed by atoms with Gasteiger partial charge in [0.15, 0.2) is 0 Å². The maximum absolute atomic E-state index is 11.9. The molecule has 2 atom stereocenters. The van der Waals surface area contributed by atoms with Crippen LogP contribution in [0.15, 0.2) is 0 Å². The third-order valence-electron chi connectivity index (χ3n) is 3.59. The zero-order chi connectivity index (χ0) is 12.1. The van der Waals surface area contributed by atoms with Crippen LogP contribution in [0.1, 0.15) is 40.0 Å². The second kappa shape index (κ2) is 6.63. The number of carbonyl (C=O) groups is 1. The molecule has 0 saturated carbocycles. The lowest BCUT2D eigenvalue weighted by Gasteiger charge is -2.24. The van der Waals surface area contributed by atoms with Crippen LogP contribution in [-0.4, -0.2) is 29.2 Å². The molecule has 0 aliphatic carbocycles. The van der Waals surface area contributed by atoms with Crippen LogP contribution in [0.4, 0.5) is 0 Å². The molecule has 1 fully saturated rings. The quantitative estimate of drug-likeness (QED) is 0.727. The summed E-state index contributed by atoms with van der Waals surface area (Å²) in [5.41, 5.74) is 0. The van der Waals surface area contributed by atoms with Crippen molar-refractivity contribution in [1.29, 1.82) is 0 Å². The second-order valence-corrected chi connectivity index (χ2v) is 6.08. The van der Waals surface area contributed by atoms with E-state index in [1.807, 2.05) is 0 Å². The molecule has 1 saturated heterocycles. The Morgan fingerprint density at radius 2 is 2.06 bits per heavy atom. The Balaban J connectivity index is 2.50. The lowest BCUT2D eigenvalue weighted by molar-refractivity contribution is -0.131. The number of likely N-dealkylation sites (tertiary alicyclic amines) is 1. The Kier molecular flexibility index (Phi) is 5.81. The van der Waals surface area contributed by atoms with Gasteiger partial charge in [0.05, 0.1) is 0 Å². The highest BCUT2D eigenvalue weighted by atomic mass is 79.9. The van der Waals surface area contributed by atoms with Gasteiger partial charge in [0, 0.05) is 24.8 Å². The summed E-state index contributed by atoms with van der Waals surface area (Å²) in [7, 11) is 0. The minimum Gasteiger partial charge on any atom is -0.342 e. The fourth-order valence-electron chi connectivity index (χ4n) is 2.34. The van der Waals surface area contributed by atoms with Crippen molar-refractivity contribution in [2.75, 3.05) is 18.4 Å². The Morgan fingerprint density at radius 1 is 1.38 bits per heavy atom. The lowest BCUT2D eigenvalue weighted by Crippen LogP contribution is -2.34. The van der Waals surface area contributed by atoms with E-state index < -0.39 is 0 Å². The summed E-state index contributed by atoms with van der Waals surface area (Å²) in [6.45, 7) is 8.60. The molecule has 2 unspecified atom stereocenters. The molecule has 0 aromatic rings. The first-order valence-corrected chi connectivity index (χ1v) is 7.50. The molecule has 1 aliphatic heterocycles. The molecule has 0 spiro atoms. The fourth-order valence-corrected chi connectivity index (χ4v) is 2.55. The molecule has 1 amide bonds. The number of amides is 1. The molecule has 0 radical (unpaired) electrons. The summed E-state index contributed by atoms with van der Waals surface area (Å²) in [5, 5.41) is 0.977. The molecule has 94 valence electrons. The number of alkyl halides is 1. The summed E-state index contributed by atoms with van der Waals surface area (Å²) >= 11 is 3.48. The van der Waals surface area contributed by atoms with Crippen LogP contribution in [0.3, 0.4) is 0 Å². The summed E-state index contributed by atoms with van der Waals surface area (Å²) in [4.78, 5) is 14.0. The van der Waals surface area contributed by atoms with Gasteiger partial charge >= 0.3 is 0 Å². The topological polar surface area (TPSA) is 20.3 Å². The van der Waals surface area contributed by atoms with E-state index in [0.29, 0.717) is 17.7 Å². The molecule has 1 aliphatic rings. The first-order chi connectivity index (χ1) is 7.54. The molecule has 0 bridgehead atoms. The van der Waals surface area contributed by atoms with Crippen molar-refractivity contribution in [2.24, 2.45) is 17.8 Å². The van der Waals surface area contributed by atoms with Crippen LogP contribution in [0.2, 0.25) is 0 Å². The van der Waals surface area contributed by atoms with Crippen molar-refractivity contribution in [3.05, 3.63) is 0 Å². The molecule has 1 rings (SSSR count). The van der Waals surface area contributed by atoms with Gasteiger partial charge in [0.1, 0.15) is 0 Å². The predicted octanol–water partition coefficient (Wildman–Crippen LogP) is 3.30. The molecule has 0 N–H and O–H groups in total. The van der Waals surface area contributed by atoms with Crippen LogP contribution in [0, 0.1) is 17.8 Å². The highest BCUT2D eigenvalue weighted by Crippen LogP contribution is 2.25. The maximum atomic E-state index is 11.9. The summed E-state index contributed by atoms with van der Waals surface area (Å²) in [6.07, 6.45) is 3.01. The third-order valence-corrected chi connectivity index (χ3v) is 4.70. The van der Waals surface area contributed by atoms with Crippen molar-refractivity contribution in [3.63, 3.8) is 0 Å². The third kappa shape index (κ3) is 4.08. The van der Waals surface area contributed by atoms with E-state index in [-0.39, 0.29) is 0 Å². The number of nitrogens with zero attached hydrogens (tertiary/aromatic N) is 1. The molecule has 3 heteroatoms. The molecule has 16 heavy (non-hydrogen) atoms. The van der Waals surface area contributed by atoms with Gasteiger partial charge in [-0.1, -0.05) is 36.7 Å². The average Bonchev–Trinajstić information content (AvgIpc) is 2.42. The summed E-state index contributed by atoms with van der Waals surface area (Å²) < 4.78 is 0. The van der Waals surface area contributed by atoms with Gasteiger partial charge in [0.2, 0.25) is 5.91 Å². The van der Waals surface area contributed by atoms with Crippen molar-refractivity contribution in [2.45, 2.75) is 40.0 Å². The van der Waals surface area contributed by atoms with Gasteiger partial charge in [-0.25, -0.2) is 0 Å². The van der Waals surface area contributed by atoms with E-state index in [2.05, 4.69) is 41.6 Å². The van der Waals surface area contributed by atoms with Crippen molar-refractivity contribution < 1.29 is 4.79 Å². The Labute approximate surface area is 108 Å². The van der Waals surface area contributed by atoms with Gasteiger partial charge in [-0.2, -0.15) is 0 Å². The van der Waals surface area contributed by atoms with Crippen molar-refractivity contribution in [3.8, 4) is 0 Å². The van der Waals surface area contributed by atoms with E-state index in [4.69, 9.17) is 0 Å². The first-order valence-electron chi connectivity index (χ1n) is 6.38. The second-order valence-electron chi connectivity index (χ2n) is 5.43. The van der Waals surface area contributed by atoms with E-state index in [0.717, 1.165) is 37.2 Å². The zero-order valence-corrected chi connectivity index (χ0v) is 12.3. The van der Waals surface area contributed by atoms with Crippen LogP contribution >= 0.6 is 15.9 Å². The van der Waals surface area contributed by atoms with Gasteiger partial charge in [-0.05, 0) is 30.6 Å². The minimum absolute atomic E-state index is 0.357. The normalized spacial score (nSPS) is 24.7. The minimum atomic E-state index is 0.357. The molecular formula is C13H24BrNO. The highest BCUT2D eigenvalue weighted by Gasteiger charge is 2.24. The van der Waals surface area contributed by atoms with Gasteiger partial charge in [0.25, 0.3) is 0 Å². The van der Waals surface area contributed by atoms with Crippen LogP contribution in [-0.2, 0) is 4.79 Å². The van der Waals surface area contributed by atoms with E-state index in [1.54, 1.807) is 0 Å². The molecule has 0 aromatic heterocycles. The summed E-state index contributed by atoms with van der Waals surface area (Å²) in [6, 6.07) is 0. The number of rotatable bonds is 4. The standard InChI is InChI=1S/C13H24BrNO/c1-10(2)12-4-5-13(16)15(7-6-12)9-11(3)8-14/h10-12H,4-9H2,1-3H3. The number of halogens is 1. The Morgan fingerprint density at radius 3 is 2.62 bits per heavy atom. The monoisotopic (exact) mass is 289 g/mol. The molecular weight excluding hydrogens is 266 g/mol. The summed E-state index contributed by atoms with van der Waals surface area (Å²) in [5.74, 6) is 2.35. The number of carbonyl (C=O) groups excluding carboxylic acids is 1. The average molecular weight is 290 g/mol. The van der Waals surface area contributed by atoms with Crippen LogP contribution in [0.25, 0.3) is 0 Å². The largest absolute Gasteiger partial charge is 0.342 e. The SMILES string of the molecule is CC(CBr)CN1CCC(C(C)C)CCC1=O. The van der Waals surface area contributed by atoms with Crippen molar-refractivity contribution in [1.82, 2.24) is 4.90 Å². The smallest absolute Gasteiger partial charge is 0.222 e. The van der Waals surface area contributed by atoms with E-state index >= 15 is 0 Å². The Hall–Kier alpha value is -0.0500. The van der Waals surface area contributed by atoms with Crippen molar-refractivity contribution >= 4 is 21.8 Å². The fraction of sp³-hybridized carbons (Fsp3) is 0.923. The van der Waals surface area contributed by atoms with Crippen LogP contribution < -0.4 is 0 Å². The molecule has 1 heterocycles. The predicted molar refractivity (Wildman–Crippen MR) is 71.7 cm³/mol. The number of hydrogen-bond acceptors (Lipinski definition) is 1. The van der Waals surface area contributed by atoms with E-state index in [1.165, 1.54) is 6.42 Å². The number of hydrogen-bond donors (Lipinski definition) is 0. The van der Waals surface area contributed by atoms with Gasteiger partial charge in [-0.3, -0.25) is 4.79 Å².